The van der Waals surface area contributed by atoms with E-state index in [1.165, 1.54) is 34.9 Å². The number of primary sulfonamides is 1. The summed E-state index contributed by atoms with van der Waals surface area (Å²) in [4.78, 5) is 55.0. The predicted octanol–water partition coefficient (Wildman–Crippen LogP) is 3.46. The van der Waals surface area contributed by atoms with Crippen LogP contribution in [0, 0.1) is 5.92 Å². The zero-order valence-corrected chi connectivity index (χ0v) is 25.9. The number of nitrogens with two attached hydrogens (primary N) is 1. The number of benzene rings is 3. The number of thioether (sulfide) groups is 1. The molecule has 15 heteroatoms. The summed E-state index contributed by atoms with van der Waals surface area (Å²) >= 11 is 5.28. The summed E-state index contributed by atoms with van der Waals surface area (Å²) in [7, 11) is -3.91. The number of sulfonamides is 1. The third-order valence-electron chi connectivity index (χ3n) is 7.17. The van der Waals surface area contributed by atoms with Crippen molar-refractivity contribution in [3.8, 4) is 5.75 Å². The molecular formula is C28H21BrN4O7S3. The van der Waals surface area contributed by atoms with Crippen molar-refractivity contribution in [2.24, 2.45) is 11.1 Å². The van der Waals surface area contributed by atoms with Gasteiger partial charge in [0, 0.05) is 26.5 Å². The Labute approximate surface area is 261 Å². The number of rotatable bonds is 6. The number of nitrogens with zero attached hydrogens (tertiary/aromatic N) is 2. The second kappa shape index (κ2) is 11.1. The molecule has 3 atom stereocenters. The number of phenols is 1. The molecule has 1 fully saturated rings. The van der Waals surface area contributed by atoms with E-state index in [-0.39, 0.29) is 16.3 Å². The second-order valence-corrected chi connectivity index (χ2v) is 14.4. The van der Waals surface area contributed by atoms with Crippen molar-refractivity contribution >= 4 is 78.1 Å². The summed E-state index contributed by atoms with van der Waals surface area (Å²) in [6.45, 7) is -0.405. The fourth-order valence-electron chi connectivity index (χ4n) is 5.26. The number of hydrogen-bond acceptors (Lipinski definition) is 9. The molecule has 1 saturated heterocycles. The number of nitrogens with one attached hydrogen (secondary N) is 1. The maximum Gasteiger partial charge on any atom is 0.308 e. The first-order valence-corrected chi connectivity index (χ1v) is 16.7. The topological polar surface area (TPSA) is 169 Å². The fraction of sp³-hybridized carbons (Fsp3) is 0.143. The molecule has 0 radical (unpaired) electrons. The van der Waals surface area contributed by atoms with E-state index in [0.717, 1.165) is 32.5 Å². The summed E-state index contributed by atoms with van der Waals surface area (Å²) < 4.78 is 25.1. The number of halogens is 1. The van der Waals surface area contributed by atoms with Gasteiger partial charge in [-0.3, -0.25) is 23.7 Å². The van der Waals surface area contributed by atoms with E-state index in [4.69, 9.17) is 5.14 Å². The number of amides is 3. The van der Waals surface area contributed by atoms with Crippen molar-refractivity contribution < 1.29 is 27.9 Å². The lowest BCUT2D eigenvalue weighted by Crippen LogP contribution is -2.33. The molecule has 3 amide bonds. The van der Waals surface area contributed by atoms with Crippen LogP contribution >= 0.6 is 39.0 Å². The normalized spacial score (nSPS) is 19.7. The number of para-hydroxylation sites is 1. The highest BCUT2D eigenvalue weighted by molar-refractivity contribution is 9.10. The number of carbonyl (C=O) groups is 3. The Kier molecular flexibility index (Phi) is 7.54. The molecule has 2 aliphatic rings. The minimum absolute atomic E-state index is 0.0838. The van der Waals surface area contributed by atoms with Gasteiger partial charge in [-0.1, -0.05) is 57.2 Å². The standard InChI is InChI=1S/C28H21BrN4O7S3/c29-14-5-9-16(10-6-14)33-25(36)22-21(18-3-1-2-4-19(18)34)24-27(41-23(22)26(33)37)32(28(38)42-24)13-20(35)31-15-7-11-17(12-8-15)43(30,39)40/h1-12,21-23,34H,13H2,(H,31,35)(H2,30,39,40)/t21-,22?,23?/m0/s1. The van der Waals surface area contributed by atoms with Gasteiger partial charge in [0.1, 0.15) is 17.5 Å². The van der Waals surface area contributed by atoms with Gasteiger partial charge in [0.15, 0.2) is 0 Å². The second-order valence-electron chi connectivity index (χ2n) is 9.83. The fourth-order valence-corrected chi connectivity index (χ4v) is 8.80. The first-order chi connectivity index (χ1) is 20.4. The minimum Gasteiger partial charge on any atom is -0.508 e. The lowest BCUT2D eigenvalue weighted by molar-refractivity contribution is -0.122. The molecule has 1 aromatic heterocycles. The van der Waals surface area contributed by atoms with Gasteiger partial charge in [0.2, 0.25) is 27.7 Å². The zero-order chi connectivity index (χ0) is 30.6. The number of hydrogen-bond donors (Lipinski definition) is 3. The molecule has 6 rings (SSSR count). The van der Waals surface area contributed by atoms with Crippen LogP contribution in [0.1, 0.15) is 16.4 Å². The maximum absolute atomic E-state index is 13.9. The largest absolute Gasteiger partial charge is 0.508 e. The molecule has 43 heavy (non-hydrogen) atoms. The van der Waals surface area contributed by atoms with Gasteiger partial charge in [-0.25, -0.2) is 18.5 Å². The number of aromatic nitrogens is 1. The molecule has 4 aromatic rings. The summed E-state index contributed by atoms with van der Waals surface area (Å²) in [5.41, 5.74) is 1.08. The van der Waals surface area contributed by atoms with Crippen LogP contribution in [0.5, 0.6) is 5.75 Å². The van der Waals surface area contributed by atoms with Crippen molar-refractivity contribution in [1.82, 2.24) is 4.57 Å². The molecule has 0 saturated carbocycles. The molecule has 11 nitrogen and oxygen atoms in total. The van der Waals surface area contributed by atoms with Crippen molar-refractivity contribution in [2.45, 2.75) is 27.6 Å². The number of carbonyl (C=O) groups excluding carboxylic acids is 3. The van der Waals surface area contributed by atoms with E-state index in [0.29, 0.717) is 21.2 Å². The number of imide groups is 1. The van der Waals surface area contributed by atoms with Crippen molar-refractivity contribution in [1.29, 1.82) is 0 Å². The van der Waals surface area contributed by atoms with Gasteiger partial charge in [-0.2, -0.15) is 0 Å². The van der Waals surface area contributed by atoms with Gasteiger partial charge in [0.05, 0.1) is 21.5 Å². The third-order valence-corrected chi connectivity index (χ3v) is 11.2. The maximum atomic E-state index is 13.9. The van der Waals surface area contributed by atoms with Gasteiger partial charge >= 0.3 is 4.87 Å². The van der Waals surface area contributed by atoms with Crippen molar-refractivity contribution in [3.05, 3.63) is 97.4 Å². The van der Waals surface area contributed by atoms with Gasteiger partial charge in [-0.15, -0.1) is 0 Å². The molecular weight excluding hydrogens is 680 g/mol. The van der Waals surface area contributed by atoms with Crippen LogP contribution in [0.25, 0.3) is 0 Å². The Morgan fingerprint density at radius 1 is 0.977 bits per heavy atom. The first kappa shape index (κ1) is 29.3. The number of phenolic OH excluding ortho intramolecular Hbond substituents is 1. The summed E-state index contributed by atoms with van der Waals surface area (Å²) in [5.74, 6) is -3.28. The highest BCUT2D eigenvalue weighted by Gasteiger charge is 2.57. The zero-order valence-electron chi connectivity index (χ0n) is 21.8. The van der Waals surface area contributed by atoms with Crippen LogP contribution in [0.4, 0.5) is 11.4 Å². The van der Waals surface area contributed by atoms with Crippen LogP contribution in [-0.2, 0) is 31.0 Å². The minimum atomic E-state index is -3.91. The Balaban J connectivity index is 1.37. The Hall–Kier alpha value is -3.76. The van der Waals surface area contributed by atoms with Crippen molar-refractivity contribution in [2.75, 3.05) is 10.2 Å². The highest BCUT2D eigenvalue weighted by Crippen LogP contribution is 2.55. The average Bonchev–Trinajstić information content (AvgIpc) is 3.40. The number of aromatic hydroxyl groups is 1. The number of thiazole rings is 1. The van der Waals surface area contributed by atoms with Crippen LogP contribution in [0.15, 0.2) is 92.0 Å². The lowest BCUT2D eigenvalue weighted by atomic mass is 9.82. The molecule has 4 N–H and O–H groups in total. The molecule has 0 spiro atoms. The first-order valence-electron chi connectivity index (χ1n) is 12.7. The van der Waals surface area contributed by atoms with Gasteiger partial charge < -0.3 is 10.4 Å². The Bertz CT molecular complexity index is 1960. The SMILES string of the molecule is NS(=O)(=O)c1ccc(NC(=O)Cn2c3c(sc2=O)[C@@H](c2ccccc2O)C2C(=O)N(c4ccc(Br)cc4)C(=O)C2S3)cc1. The smallest absolute Gasteiger partial charge is 0.308 e. The van der Waals surface area contributed by atoms with Crippen LogP contribution in [0.2, 0.25) is 0 Å². The van der Waals surface area contributed by atoms with E-state index in [1.807, 2.05) is 0 Å². The lowest BCUT2D eigenvalue weighted by Gasteiger charge is -2.31. The quantitative estimate of drug-likeness (QED) is 0.257. The third kappa shape index (κ3) is 5.31. The predicted molar refractivity (Wildman–Crippen MR) is 165 cm³/mol. The van der Waals surface area contributed by atoms with Crippen LogP contribution < -0.4 is 20.2 Å². The molecule has 3 heterocycles. The summed E-state index contributed by atoms with van der Waals surface area (Å²) in [6.07, 6.45) is 0. The molecule has 0 aliphatic carbocycles. The summed E-state index contributed by atoms with van der Waals surface area (Å²) in [5, 5.41) is 18.0. The van der Waals surface area contributed by atoms with E-state index >= 15 is 0 Å². The monoisotopic (exact) mass is 700 g/mol. The van der Waals surface area contributed by atoms with Crippen LogP contribution in [-0.4, -0.2) is 41.1 Å². The van der Waals surface area contributed by atoms with E-state index in [9.17, 15) is 32.7 Å². The molecule has 2 unspecified atom stereocenters. The number of anilines is 2. The van der Waals surface area contributed by atoms with E-state index < -0.39 is 56.2 Å². The Morgan fingerprint density at radius 3 is 2.30 bits per heavy atom. The molecule has 0 bridgehead atoms. The van der Waals surface area contributed by atoms with E-state index in [1.54, 1.807) is 42.5 Å². The van der Waals surface area contributed by atoms with Crippen LogP contribution in [0.3, 0.4) is 0 Å². The van der Waals surface area contributed by atoms with Crippen molar-refractivity contribution in [3.63, 3.8) is 0 Å². The van der Waals surface area contributed by atoms with Gasteiger partial charge in [-0.05, 0) is 54.6 Å². The number of fused-ring (bicyclic) bond motifs is 2. The van der Waals surface area contributed by atoms with Gasteiger partial charge in [0.25, 0.3) is 0 Å². The highest BCUT2D eigenvalue weighted by atomic mass is 79.9. The Morgan fingerprint density at radius 2 is 1.65 bits per heavy atom. The van der Waals surface area contributed by atoms with E-state index in [2.05, 4.69) is 21.2 Å². The summed E-state index contributed by atoms with van der Waals surface area (Å²) in [6, 6.07) is 18.5. The molecule has 3 aromatic carbocycles. The average molecular weight is 702 g/mol. The molecule has 2 aliphatic heterocycles. The molecule has 220 valence electrons.